The molecule has 2 heterocycles. The summed E-state index contributed by atoms with van der Waals surface area (Å²) in [5.41, 5.74) is -0.319. The lowest BCUT2D eigenvalue weighted by atomic mass is 9.82. The molecule has 2 amide bonds. The van der Waals surface area contributed by atoms with E-state index >= 15 is 0 Å². The molecule has 2 aliphatic heterocycles. The number of ketones is 1. The Morgan fingerprint density at radius 2 is 1.69 bits per heavy atom. The number of amides is 2. The minimum absolute atomic E-state index is 0.143. The van der Waals surface area contributed by atoms with Crippen molar-refractivity contribution < 1.29 is 24.2 Å². The minimum atomic E-state index is -1.70. The molecule has 1 atom stereocenters. The van der Waals surface area contributed by atoms with Crippen LogP contribution in [0.2, 0.25) is 0 Å². The van der Waals surface area contributed by atoms with Crippen molar-refractivity contribution in [2.24, 2.45) is 0 Å². The van der Waals surface area contributed by atoms with Gasteiger partial charge < -0.3 is 19.6 Å². The number of fused-ring (bicyclic) bond motifs is 2. The second-order valence-corrected chi connectivity index (χ2v) is 7.91. The number of para-hydroxylation sites is 1. The highest BCUT2D eigenvalue weighted by Crippen LogP contribution is 2.53. The van der Waals surface area contributed by atoms with Crippen molar-refractivity contribution in [3.63, 3.8) is 0 Å². The van der Waals surface area contributed by atoms with Crippen molar-refractivity contribution in [1.29, 1.82) is 0 Å². The molecule has 0 unspecified atom stereocenters. The number of likely N-dealkylation sites (tertiary alicyclic amines) is 1. The van der Waals surface area contributed by atoms with Crippen LogP contribution in [-0.4, -0.2) is 54.4 Å². The molecule has 166 valence electrons. The molecular weight excluding hydrogens is 408 g/mol. The number of benzene rings is 2. The molecule has 1 saturated heterocycles. The third kappa shape index (κ3) is 3.04. The molecule has 0 aliphatic carbocycles. The molecule has 0 saturated carbocycles. The first-order valence-electron chi connectivity index (χ1n) is 10.8. The molecular formula is C25H26N2O5. The SMILES string of the molecule is CCCN1C(=O)[C@@]2(C(=C(O)c3ccccc3)C(=O)C(=O)N2CCCOC)c2ccccc21. The van der Waals surface area contributed by atoms with Crippen molar-refractivity contribution in [2.45, 2.75) is 25.3 Å². The molecule has 32 heavy (non-hydrogen) atoms. The van der Waals surface area contributed by atoms with Crippen LogP contribution in [0.1, 0.15) is 30.9 Å². The van der Waals surface area contributed by atoms with Crippen LogP contribution in [0.25, 0.3) is 5.76 Å². The van der Waals surface area contributed by atoms with E-state index in [-0.39, 0.29) is 17.9 Å². The molecule has 0 radical (unpaired) electrons. The van der Waals surface area contributed by atoms with Crippen LogP contribution in [-0.2, 0) is 24.7 Å². The number of hydrogen-bond acceptors (Lipinski definition) is 5. The molecule has 1 N–H and O–H groups in total. The lowest BCUT2D eigenvalue weighted by Crippen LogP contribution is -2.52. The second kappa shape index (κ2) is 8.59. The number of methoxy groups -OCH3 is 1. The maximum absolute atomic E-state index is 14.1. The molecule has 7 heteroatoms. The molecule has 0 aromatic heterocycles. The number of nitrogens with zero attached hydrogens (tertiary/aromatic N) is 2. The standard InChI is InChI=1S/C25H26N2O5/c1-3-14-26-19-13-8-7-12-18(19)25(24(26)31)20(21(28)17-10-5-4-6-11-17)22(29)23(30)27(25)15-9-16-32-2/h4-8,10-13,28H,3,9,14-16H2,1-2H3/t25-/m0/s1. The Kier molecular flexibility index (Phi) is 5.84. The largest absolute Gasteiger partial charge is 0.507 e. The zero-order valence-corrected chi connectivity index (χ0v) is 18.2. The lowest BCUT2D eigenvalue weighted by Gasteiger charge is -2.34. The van der Waals surface area contributed by atoms with Gasteiger partial charge in [0.1, 0.15) is 5.76 Å². The molecule has 2 aromatic carbocycles. The van der Waals surface area contributed by atoms with Gasteiger partial charge in [-0.2, -0.15) is 0 Å². The molecule has 1 spiro atoms. The van der Waals surface area contributed by atoms with E-state index in [1.807, 2.05) is 19.1 Å². The summed E-state index contributed by atoms with van der Waals surface area (Å²) in [5.74, 6) is -2.39. The average molecular weight is 434 g/mol. The van der Waals surface area contributed by atoms with Gasteiger partial charge >= 0.3 is 0 Å². The first-order chi connectivity index (χ1) is 15.5. The van der Waals surface area contributed by atoms with E-state index in [4.69, 9.17) is 4.74 Å². The third-order valence-corrected chi connectivity index (χ3v) is 6.03. The zero-order valence-electron chi connectivity index (χ0n) is 18.2. The van der Waals surface area contributed by atoms with Crippen molar-refractivity contribution in [3.8, 4) is 0 Å². The molecule has 0 bridgehead atoms. The predicted octanol–water partition coefficient (Wildman–Crippen LogP) is 3.06. The Bertz CT molecular complexity index is 1090. The summed E-state index contributed by atoms with van der Waals surface area (Å²) in [7, 11) is 1.55. The number of anilines is 1. The van der Waals surface area contributed by atoms with Gasteiger partial charge in [0.2, 0.25) is 0 Å². The fraction of sp³-hybridized carbons (Fsp3) is 0.320. The van der Waals surface area contributed by atoms with Gasteiger partial charge in [-0.25, -0.2) is 0 Å². The lowest BCUT2D eigenvalue weighted by molar-refractivity contribution is -0.143. The van der Waals surface area contributed by atoms with Crippen LogP contribution in [0.3, 0.4) is 0 Å². The summed E-state index contributed by atoms with van der Waals surface area (Å²) in [6.07, 6.45) is 1.14. The van der Waals surface area contributed by atoms with Crippen LogP contribution in [0, 0.1) is 0 Å². The summed E-state index contributed by atoms with van der Waals surface area (Å²) in [5, 5.41) is 11.3. The topological polar surface area (TPSA) is 87.2 Å². The molecule has 7 nitrogen and oxygen atoms in total. The van der Waals surface area contributed by atoms with Gasteiger partial charge in [0.25, 0.3) is 17.6 Å². The monoisotopic (exact) mass is 434 g/mol. The Balaban J connectivity index is 2.02. The number of rotatable bonds is 7. The van der Waals surface area contributed by atoms with Gasteiger partial charge in [-0.3, -0.25) is 14.4 Å². The highest BCUT2D eigenvalue weighted by atomic mass is 16.5. The zero-order chi connectivity index (χ0) is 22.9. The van der Waals surface area contributed by atoms with Crippen molar-refractivity contribution >= 4 is 29.0 Å². The van der Waals surface area contributed by atoms with Crippen LogP contribution in [0.4, 0.5) is 5.69 Å². The normalized spacial score (nSPS) is 21.6. The van der Waals surface area contributed by atoms with Gasteiger partial charge in [0, 0.05) is 37.9 Å². The van der Waals surface area contributed by atoms with Crippen LogP contribution in [0.5, 0.6) is 0 Å². The Hall–Kier alpha value is -3.45. The van der Waals surface area contributed by atoms with E-state index in [1.165, 1.54) is 4.90 Å². The van der Waals surface area contributed by atoms with Gasteiger partial charge in [-0.05, 0) is 18.9 Å². The number of ether oxygens (including phenoxy) is 1. The molecule has 1 fully saturated rings. The summed E-state index contributed by atoms with van der Waals surface area (Å²) < 4.78 is 5.13. The van der Waals surface area contributed by atoms with E-state index in [0.717, 1.165) is 0 Å². The fourth-order valence-electron chi connectivity index (χ4n) is 4.72. The minimum Gasteiger partial charge on any atom is -0.507 e. The number of aliphatic hydroxyl groups is 1. The highest BCUT2D eigenvalue weighted by Gasteiger charge is 2.66. The summed E-state index contributed by atoms with van der Waals surface area (Å²) in [4.78, 5) is 43.6. The number of carbonyl (C=O) groups is 3. The number of hydrogen-bond donors (Lipinski definition) is 1. The summed E-state index contributed by atoms with van der Waals surface area (Å²) in [6.45, 7) is 2.90. The smallest absolute Gasteiger partial charge is 0.296 e. The number of aliphatic hydroxyl groups excluding tert-OH is 1. The van der Waals surface area contributed by atoms with E-state index in [2.05, 4.69) is 0 Å². The Morgan fingerprint density at radius 1 is 1.00 bits per heavy atom. The van der Waals surface area contributed by atoms with E-state index in [1.54, 1.807) is 54.5 Å². The van der Waals surface area contributed by atoms with Gasteiger partial charge in [0.15, 0.2) is 5.54 Å². The molecule has 2 aromatic rings. The van der Waals surface area contributed by atoms with Crippen molar-refractivity contribution in [2.75, 3.05) is 31.7 Å². The quantitative estimate of drug-likeness (QED) is 0.313. The Morgan fingerprint density at radius 3 is 2.38 bits per heavy atom. The van der Waals surface area contributed by atoms with Gasteiger partial charge in [-0.15, -0.1) is 0 Å². The van der Waals surface area contributed by atoms with Crippen LogP contribution in [0.15, 0.2) is 60.2 Å². The maximum atomic E-state index is 14.1. The average Bonchev–Trinajstić information content (AvgIpc) is 3.19. The first kappa shape index (κ1) is 21.8. The summed E-state index contributed by atoms with van der Waals surface area (Å²) >= 11 is 0. The molecule has 2 aliphatic rings. The Labute approximate surface area is 186 Å². The van der Waals surface area contributed by atoms with Gasteiger partial charge in [0.05, 0.1) is 11.3 Å². The van der Waals surface area contributed by atoms with E-state index < -0.39 is 23.1 Å². The number of carbonyl (C=O) groups excluding carboxylic acids is 3. The predicted molar refractivity (Wildman–Crippen MR) is 120 cm³/mol. The van der Waals surface area contributed by atoms with E-state index in [9.17, 15) is 19.5 Å². The van der Waals surface area contributed by atoms with Crippen molar-refractivity contribution in [1.82, 2.24) is 4.90 Å². The van der Waals surface area contributed by atoms with Crippen molar-refractivity contribution in [3.05, 3.63) is 71.3 Å². The van der Waals surface area contributed by atoms with Gasteiger partial charge in [-0.1, -0.05) is 55.5 Å². The fourth-order valence-corrected chi connectivity index (χ4v) is 4.72. The maximum Gasteiger partial charge on any atom is 0.296 e. The van der Waals surface area contributed by atoms with E-state index in [0.29, 0.717) is 42.8 Å². The van der Waals surface area contributed by atoms with Crippen LogP contribution < -0.4 is 4.90 Å². The third-order valence-electron chi connectivity index (χ3n) is 6.03. The second-order valence-electron chi connectivity index (χ2n) is 7.91. The summed E-state index contributed by atoms with van der Waals surface area (Å²) in [6, 6.07) is 15.7. The molecule has 4 rings (SSSR count). The number of Topliss-reactive ketones (excluding diaryl/α,β-unsaturated/α-hetero) is 1. The van der Waals surface area contributed by atoms with Crippen LogP contribution >= 0.6 is 0 Å². The highest BCUT2D eigenvalue weighted by molar-refractivity contribution is 6.50. The first-order valence-corrected chi connectivity index (χ1v) is 10.8.